The maximum atomic E-state index is 5.65. The third kappa shape index (κ3) is 4.07. The molecule has 0 aromatic carbocycles. The third-order valence-electron chi connectivity index (χ3n) is 2.44. The van der Waals surface area contributed by atoms with Crippen LogP contribution in [0.3, 0.4) is 0 Å². The highest BCUT2D eigenvalue weighted by Crippen LogP contribution is 2.18. The first-order chi connectivity index (χ1) is 6.22. The van der Waals surface area contributed by atoms with E-state index in [2.05, 4.69) is 19.2 Å². The summed E-state index contributed by atoms with van der Waals surface area (Å²) in [5.41, 5.74) is 0. The second kappa shape index (κ2) is 5.58. The average Bonchev–Trinajstić information content (AvgIpc) is 2.03. The van der Waals surface area contributed by atoms with Crippen molar-refractivity contribution in [1.29, 1.82) is 0 Å². The van der Waals surface area contributed by atoms with Gasteiger partial charge in [-0.05, 0) is 26.7 Å². The van der Waals surface area contributed by atoms with Crippen molar-refractivity contribution in [3.8, 4) is 0 Å². The number of methoxy groups -OCH3 is 1. The van der Waals surface area contributed by atoms with Crippen molar-refractivity contribution >= 4 is 0 Å². The number of ether oxygens (including phenoxy) is 2. The lowest BCUT2D eigenvalue weighted by Crippen LogP contribution is -2.42. The van der Waals surface area contributed by atoms with Gasteiger partial charge in [0, 0.05) is 19.7 Å². The number of nitrogens with one attached hydrogen (secondary N) is 1. The van der Waals surface area contributed by atoms with Gasteiger partial charge in [-0.15, -0.1) is 0 Å². The monoisotopic (exact) mass is 187 g/mol. The summed E-state index contributed by atoms with van der Waals surface area (Å²) in [6.45, 7) is 6.02. The first kappa shape index (κ1) is 11.0. The lowest BCUT2D eigenvalue weighted by Gasteiger charge is -2.32. The highest BCUT2D eigenvalue weighted by atomic mass is 16.5. The molecule has 1 aliphatic heterocycles. The van der Waals surface area contributed by atoms with Crippen LogP contribution in [-0.2, 0) is 9.47 Å². The van der Waals surface area contributed by atoms with E-state index in [1.165, 1.54) is 0 Å². The highest BCUT2D eigenvalue weighted by molar-refractivity contribution is 4.78. The van der Waals surface area contributed by atoms with Crippen LogP contribution in [0.5, 0.6) is 0 Å². The summed E-state index contributed by atoms with van der Waals surface area (Å²) in [5.74, 6) is 0. The number of hydrogen-bond donors (Lipinski definition) is 1. The summed E-state index contributed by atoms with van der Waals surface area (Å²) in [6, 6.07) is 0.605. The zero-order chi connectivity index (χ0) is 9.68. The van der Waals surface area contributed by atoms with E-state index in [4.69, 9.17) is 9.47 Å². The second-order valence-corrected chi connectivity index (χ2v) is 3.87. The average molecular weight is 187 g/mol. The van der Waals surface area contributed by atoms with Crippen LogP contribution in [0.4, 0.5) is 0 Å². The van der Waals surface area contributed by atoms with Gasteiger partial charge >= 0.3 is 0 Å². The summed E-state index contributed by atoms with van der Waals surface area (Å²) in [7, 11) is 1.73. The molecule has 3 heteroatoms. The normalized spacial score (nSPS) is 34.8. The van der Waals surface area contributed by atoms with E-state index in [0.29, 0.717) is 18.2 Å². The first-order valence-electron chi connectivity index (χ1n) is 5.10. The standard InChI is InChI=1S/C10H21NO2/c1-8-6-10(7-9(2)13-8)11-4-5-12-3/h8-11H,4-7H2,1-3H3/t8-,9+,10?. The number of hydrogen-bond acceptors (Lipinski definition) is 3. The largest absolute Gasteiger partial charge is 0.383 e. The van der Waals surface area contributed by atoms with Crippen LogP contribution in [0.1, 0.15) is 26.7 Å². The molecular formula is C10H21NO2. The predicted octanol–water partition coefficient (Wildman–Crippen LogP) is 1.18. The lowest BCUT2D eigenvalue weighted by atomic mass is 10.00. The first-order valence-corrected chi connectivity index (χ1v) is 5.10. The molecule has 1 heterocycles. The molecule has 0 aromatic heterocycles. The Morgan fingerprint density at radius 2 is 1.92 bits per heavy atom. The maximum absolute atomic E-state index is 5.65. The van der Waals surface area contributed by atoms with Crippen LogP contribution < -0.4 is 5.32 Å². The summed E-state index contributed by atoms with van der Waals surface area (Å²) < 4.78 is 10.6. The Balaban J connectivity index is 2.17. The van der Waals surface area contributed by atoms with Gasteiger partial charge in [0.1, 0.15) is 0 Å². The van der Waals surface area contributed by atoms with Crippen LogP contribution in [0.15, 0.2) is 0 Å². The van der Waals surface area contributed by atoms with Gasteiger partial charge in [0.15, 0.2) is 0 Å². The van der Waals surface area contributed by atoms with Gasteiger partial charge in [-0.3, -0.25) is 0 Å². The zero-order valence-corrected chi connectivity index (χ0v) is 8.88. The quantitative estimate of drug-likeness (QED) is 0.670. The van der Waals surface area contributed by atoms with E-state index >= 15 is 0 Å². The van der Waals surface area contributed by atoms with Crippen LogP contribution in [0.2, 0.25) is 0 Å². The van der Waals surface area contributed by atoms with Crippen molar-refractivity contribution in [3.05, 3.63) is 0 Å². The molecule has 0 spiro atoms. The molecule has 78 valence electrons. The molecule has 1 fully saturated rings. The third-order valence-corrected chi connectivity index (χ3v) is 2.44. The van der Waals surface area contributed by atoms with Crippen LogP contribution in [-0.4, -0.2) is 38.5 Å². The highest BCUT2D eigenvalue weighted by Gasteiger charge is 2.23. The molecule has 1 N–H and O–H groups in total. The van der Waals surface area contributed by atoms with Gasteiger partial charge < -0.3 is 14.8 Å². The summed E-state index contributed by atoms with van der Waals surface area (Å²) in [5, 5.41) is 3.48. The van der Waals surface area contributed by atoms with Gasteiger partial charge in [-0.1, -0.05) is 0 Å². The van der Waals surface area contributed by atoms with E-state index in [-0.39, 0.29) is 0 Å². The Morgan fingerprint density at radius 3 is 2.46 bits per heavy atom. The molecule has 0 bridgehead atoms. The lowest BCUT2D eigenvalue weighted by molar-refractivity contribution is -0.0425. The van der Waals surface area contributed by atoms with Gasteiger partial charge in [-0.25, -0.2) is 0 Å². The fourth-order valence-corrected chi connectivity index (χ4v) is 1.94. The van der Waals surface area contributed by atoms with E-state index in [0.717, 1.165) is 26.0 Å². The second-order valence-electron chi connectivity index (χ2n) is 3.87. The van der Waals surface area contributed by atoms with Crippen LogP contribution >= 0.6 is 0 Å². The van der Waals surface area contributed by atoms with Crippen LogP contribution in [0.25, 0.3) is 0 Å². The molecule has 1 unspecified atom stereocenters. The summed E-state index contributed by atoms with van der Waals surface area (Å²) in [4.78, 5) is 0. The molecule has 0 saturated carbocycles. The molecule has 13 heavy (non-hydrogen) atoms. The van der Waals surface area contributed by atoms with Crippen LogP contribution in [0, 0.1) is 0 Å². The predicted molar refractivity (Wildman–Crippen MR) is 52.9 cm³/mol. The van der Waals surface area contributed by atoms with Crippen molar-refractivity contribution in [1.82, 2.24) is 5.32 Å². The van der Waals surface area contributed by atoms with E-state index in [1.807, 2.05) is 0 Å². The molecule has 3 atom stereocenters. The van der Waals surface area contributed by atoms with Crippen molar-refractivity contribution in [2.75, 3.05) is 20.3 Å². The minimum absolute atomic E-state index is 0.392. The Bertz CT molecular complexity index is 131. The molecule has 0 aromatic rings. The van der Waals surface area contributed by atoms with E-state index in [1.54, 1.807) is 7.11 Å². The van der Waals surface area contributed by atoms with Gasteiger partial charge in [0.05, 0.1) is 18.8 Å². The van der Waals surface area contributed by atoms with Crippen molar-refractivity contribution in [3.63, 3.8) is 0 Å². The molecule has 0 radical (unpaired) electrons. The molecule has 3 nitrogen and oxygen atoms in total. The van der Waals surface area contributed by atoms with Crippen molar-refractivity contribution in [2.24, 2.45) is 0 Å². The molecule has 1 rings (SSSR count). The molecule has 1 aliphatic rings. The summed E-state index contributed by atoms with van der Waals surface area (Å²) >= 11 is 0. The van der Waals surface area contributed by atoms with Crippen molar-refractivity contribution < 1.29 is 9.47 Å². The molecule has 0 amide bonds. The van der Waals surface area contributed by atoms with E-state index < -0.39 is 0 Å². The van der Waals surface area contributed by atoms with Gasteiger partial charge in [0.2, 0.25) is 0 Å². The SMILES string of the molecule is COCCNC1C[C@@H](C)O[C@@H](C)C1. The van der Waals surface area contributed by atoms with Gasteiger partial charge in [-0.2, -0.15) is 0 Å². The Kier molecular flexibility index (Phi) is 4.70. The molecule has 0 aliphatic carbocycles. The minimum atomic E-state index is 0.392. The maximum Gasteiger partial charge on any atom is 0.0587 e. The topological polar surface area (TPSA) is 30.5 Å². The van der Waals surface area contributed by atoms with E-state index in [9.17, 15) is 0 Å². The fraction of sp³-hybridized carbons (Fsp3) is 1.00. The Labute approximate surface area is 80.8 Å². The van der Waals surface area contributed by atoms with Gasteiger partial charge in [0.25, 0.3) is 0 Å². The fourth-order valence-electron chi connectivity index (χ4n) is 1.94. The summed E-state index contributed by atoms with van der Waals surface area (Å²) in [6.07, 6.45) is 3.02. The molecule has 1 saturated heterocycles. The zero-order valence-electron chi connectivity index (χ0n) is 8.88. The Hall–Kier alpha value is -0.120. The molecular weight excluding hydrogens is 166 g/mol. The minimum Gasteiger partial charge on any atom is -0.383 e. The Morgan fingerprint density at radius 1 is 1.31 bits per heavy atom. The number of rotatable bonds is 4. The van der Waals surface area contributed by atoms with Crippen molar-refractivity contribution in [2.45, 2.75) is 44.9 Å². The smallest absolute Gasteiger partial charge is 0.0587 e.